The minimum absolute atomic E-state index is 0.0314. The Morgan fingerprint density at radius 3 is 2.35 bits per heavy atom. The van der Waals surface area contributed by atoms with Gasteiger partial charge in [0.15, 0.2) is 0 Å². The molecule has 4 nitrogen and oxygen atoms in total. The van der Waals surface area contributed by atoms with Gasteiger partial charge in [0.25, 0.3) is 12.1 Å². The van der Waals surface area contributed by atoms with Crippen molar-refractivity contribution in [2.24, 2.45) is 5.92 Å². The van der Waals surface area contributed by atoms with Gasteiger partial charge in [-0.1, -0.05) is 26.7 Å². The molecule has 0 aromatic heterocycles. The van der Waals surface area contributed by atoms with Crippen molar-refractivity contribution in [2.75, 3.05) is 5.32 Å². The molecule has 112 valence electrons. The number of nitrogens with one attached hydrogen (secondary N) is 1. The van der Waals surface area contributed by atoms with E-state index in [4.69, 9.17) is 0 Å². The quantitative estimate of drug-likeness (QED) is 0.580. The summed E-state index contributed by atoms with van der Waals surface area (Å²) < 4.78 is 26.0. The number of nitrogens with zero attached hydrogens (tertiary/aromatic N) is 1. The first-order chi connectivity index (χ1) is 9.40. The molecule has 0 radical (unpaired) electrons. The van der Waals surface area contributed by atoms with Crippen LogP contribution in [0.3, 0.4) is 0 Å². The molecule has 0 saturated carbocycles. The van der Waals surface area contributed by atoms with Gasteiger partial charge in [0, 0.05) is 29.4 Å². The van der Waals surface area contributed by atoms with E-state index in [9.17, 15) is 18.9 Å². The van der Waals surface area contributed by atoms with E-state index >= 15 is 0 Å². The number of halogens is 2. The molecule has 0 heterocycles. The van der Waals surface area contributed by atoms with Crippen molar-refractivity contribution < 1.29 is 13.7 Å². The zero-order valence-corrected chi connectivity index (χ0v) is 11.9. The predicted octanol–water partition coefficient (Wildman–Crippen LogP) is 4.77. The molecule has 20 heavy (non-hydrogen) atoms. The number of rotatable bonds is 7. The second-order valence-corrected chi connectivity index (χ2v) is 4.84. The lowest BCUT2D eigenvalue weighted by atomic mass is 9.95. The van der Waals surface area contributed by atoms with Crippen LogP contribution in [0.1, 0.15) is 45.6 Å². The lowest BCUT2D eigenvalue weighted by Crippen LogP contribution is -2.25. The third-order valence-electron chi connectivity index (χ3n) is 3.62. The molecular weight excluding hydrogens is 266 g/mol. The maximum absolute atomic E-state index is 13.0. The summed E-state index contributed by atoms with van der Waals surface area (Å²) in [6.45, 7) is 6.04. The highest BCUT2D eigenvalue weighted by Crippen LogP contribution is 2.32. The van der Waals surface area contributed by atoms with Crippen molar-refractivity contribution in [3.05, 3.63) is 33.9 Å². The minimum Gasteiger partial charge on any atom is -0.382 e. The Hall–Kier alpha value is -1.72. The predicted molar refractivity (Wildman–Crippen MR) is 75.2 cm³/mol. The van der Waals surface area contributed by atoms with Crippen LogP contribution in [0.25, 0.3) is 0 Å². The molecule has 1 rings (SSSR count). The van der Waals surface area contributed by atoms with Gasteiger partial charge in [0.2, 0.25) is 0 Å². The van der Waals surface area contributed by atoms with Crippen molar-refractivity contribution in [3.63, 3.8) is 0 Å². The zero-order chi connectivity index (χ0) is 15.3. The Bertz CT molecular complexity index is 462. The third kappa shape index (κ3) is 3.88. The summed E-state index contributed by atoms with van der Waals surface area (Å²) in [7, 11) is 0. The molecule has 0 bridgehead atoms. The van der Waals surface area contributed by atoms with Gasteiger partial charge in [-0.05, 0) is 18.9 Å². The average Bonchev–Trinajstić information content (AvgIpc) is 2.39. The standard InChI is InChI=1S/C14H20F2N2O2/c1-4-10(5-2)9(3)17-13-7-6-11(18(19)20)8-12(13)14(15)16/h6-10,14,17H,4-5H2,1-3H3. The van der Waals surface area contributed by atoms with Gasteiger partial charge in [-0.2, -0.15) is 0 Å². The third-order valence-corrected chi connectivity index (χ3v) is 3.62. The number of benzene rings is 1. The summed E-state index contributed by atoms with van der Waals surface area (Å²) in [5.74, 6) is 0.371. The summed E-state index contributed by atoms with van der Waals surface area (Å²) in [6, 6.07) is 3.57. The fourth-order valence-corrected chi connectivity index (χ4v) is 2.33. The molecule has 0 aliphatic rings. The molecule has 1 aromatic rings. The first-order valence-electron chi connectivity index (χ1n) is 6.73. The van der Waals surface area contributed by atoms with Gasteiger partial charge in [0.05, 0.1) is 4.92 Å². The minimum atomic E-state index is -2.74. The van der Waals surface area contributed by atoms with Crippen molar-refractivity contribution in [2.45, 2.75) is 46.1 Å². The number of non-ortho nitro benzene ring substituents is 1. The van der Waals surface area contributed by atoms with Gasteiger partial charge < -0.3 is 5.32 Å². The lowest BCUT2D eigenvalue weighted by Gasteiger charge is -2.24. The van der Waals surface area contributed by atoms with E-state index in [0.717, 1.165) is 18.9 Å². The molecule has 0 spiro atoms. The van der Waals surface area contributed by atoms with Crippen LogP contribution in [-0.2, 0) is 0 Å². The van der Waals surface area contributed by atoms with Crippen LogP contribution in [0.2, 0.25) is 0 Å². The maximum atomic E-state index is 13.0. The Balaban J connectivity index is 3.02. The Morgan fingerprint density at radius 2 is 1.90 bits per heavy atom. The molecule has 0 fully saturated rings. The van der Waals surface area contributed by atoms with E-state index in [0.29, 0.717) is 5.92 Å². The number of nitro groups is 1. The van der Waals surface area contributed by atoms with Gasteiger partial charge in [-0.25, -0.2) is 8.78 Å². The zero-order valence-electron chi connectivity index (χ0n) is 11.9. The van der Waals surface area contributed by atoms with Crippen molar-refractivity contribution in [1.82, 2.24) is 0 Å². The smallest absolute Gasteiger partial charge is 0.270 e. The van der Waals surface area contributed by atoms with E-state index in [2.05, 4.69) is 19.2 Å². The summed E-state index contributed by atoms with van der Waals surface area (Å²) in [6.07, 6.45) is -0.852. The van der Waals surface area contributed by atoms with E-state index in [1.54, 1.807) is 0 Å². The summed E-state index contributed by atoms with van der Waals surface area (Å²) in [5, 5.41) is 13.7. The van der Waals surface area contributed by atoms with Crippen molar-refractivity contribution >= 4 is 11.4 Å². The molecule has 1 aromatic carbocycles. The Labute approximate surface area is 117 Å². The first-order valence-corrected chi connectivity index (χ1v) is 6.73. The molecule has 0 saturated heterocycles. The molecule has 0 aliphatic heterocycles. The van der Waals surface area contributed by atoms with Gasteiger partial charge in [-0.15, -0.1) is 0 Å². The summed E-state index contributed by atoms with van der Waals surface area (Å²) in [5.41, 5.74) is -0.372. The SMILES string of the molecule is CCC(CC)C(C)Nc1ccc([N+](=O)[O-])cc1C(F)F. The maximum Gasteiger partial charge on any atom is 0.270 e. The van der Waals surface area contributed by atoms with Gasteiger partial charge >= 0.3 is 0 Å². The number of hydrogen-bond donors (Lipinski definition) is 1. The van der Waals surface area contributed by atoms with Crippen LogP contribution in [-0.4, -0.2) is 11.0 Å². The second kappa shape index (κ2) is 7.17. The molecule has 0 amide bonds. The average molecular weight is 286 g/mol. The number of hydrogen-bond acceptors (Lipinski definition) is 3. The lowest BCUT2D eigenvalue weighted by molar-refractivity contribution is -0.385. The summed E-state index contributed by atoms with van der Waals surface area (Å²) in [4.78, 5) is 9.98. The monoisotopic (exact) mass is 286 g/mol. The highest BCUT2D eigenvalue weighted by Gasteiger charge is 2.20. The van der Waals surface area contributed by atoms with Crippen molar-refractivity contribution in [3.8, 4) is 0 Å². The van der Waals surface area contributed by atoms with Crippen molar-refractivity contribution in [1.29, 1.82) is 0 Å². The highest BCUT2D eigenvalue weighted by molar-refractivity contribution is 5.57. The molecule has 6 heteroatoms. The van der Waals surface area contributed by atoms with Gasteiger partial charge in [-0.3, -0.25) is 10.1 Å². The normalized spacial score (nSPS) is 12.8. The van der Waals surface area contributed by atoms with E-state index < -0.39 is 11.3 Å². The van der Waals surface area contributed by atoms with E-state index in [-0.39, 0.29) is 23.0 Å². The topological polar surface area (TPSA) is 55.2 Å². The largest absolute Gasteiger partial charge is 0.382 e. The van der Waals surface area contributed by atoms with Crippen LogP contribution in [0.15, 0.2) is 18.2 Å². The van der Waals surface area contributed by atoms with Crippen LogP contribution in [0, 0.1) is 16.0 Å². The van der Waals surface area contributed by atoms with Crippen LogP contribution in [0.5, 0.6) is 0 Å². The highest BCUT2D eigenvalue weighted by atomic mass is 19.3. The number of nitro benzene ring substituents is 1. The molecule has 1 atom stereocenters. The fraction of sp³-hybridized carbons (Fsp3) is 0.571. The molecule has 1 unspecified atom stereocenters. The Morgan fingerprint density at radius 1 is 1.30 bits per heavy atom. The summed E-state index contributed by atoms with van der Waals surface area (Å²) >= 11 is 0. The Kier molecular flexibility index (Phi) is 5.85. The van der Waals surface area contributed by atoms with E-state index in [1.165, 1.54) is 12.1 Å². The number of alkyl halides is 2. The molecular formula is C14H20F2N2O2. The van der Waals surface area contributed by atoms with Crippen LogP contribution < -0.4 is 5.32 Å². The first kappa shape index (κ1) is 16.3. The van der Waals surface area contributed by atoms with Gasteiger partial charge in [0.1, 0.15) is 0 Å². The second-order valence-electron chi connectivity index (χ2n) is 4.84. The van der Waals surface area contributed by atoms with Crippen LogP contribution >= 0.6 is 0 Å². The molecule has 1 N–H and O–H groups in total. The number of anilines is 1. The molecule has 0 aliphatic carbocycles. The van der Waals surface area contributed by atoms with E-state index in [1.807, 2.05) is 6.92 Å². The van der Waals surface area contributed by atoms with Crippen LogP contribution in [0.4, 0.5) is 20.2 Å². The fourth-order valence-electron chi connectivity index (χ4n) is 2.33.